The Morgan fingerprint density at radius 1 is 1.18 bits per heavy atom. The number of carboxylic acids is 1. The van der Waals surface area contributed by atoms with Gasteiger partial charge in [0.05, 0.1) is 24.5 Å². The fraction of sp³-hybridized carbons (Fsp3) is 0.621. The number of halogens is 2. The third-order valence-corrected chi connectivity index (χ3v) is 11.0. The van der Waals surface area contributed by atoms with Gasteiger partial charge in [-0.25, -0.2) is 4.79 Å². The summed E-state index contributed by atoms with van der Waals surface area (Å²) in [6.45, 7) is 2.89. The van der Waals surface area contributed by atoms with Crippen LogP contribution in [0.25, 0.3) is 0 Å². The van der Waals surface area contributed by atoms with Crippen molar-refractivity contribution < 1.29 is 19.4 Å². The van der Waals surface area contributed by atoms with Gasteiger partial charge < -0.3 is 19.9 Å². The molecule has 6 nitrogen and oxygen atoms in total. The van der Waals surface area contributed by atoms with E-state index in [0.717, 1.165) is 68.6 Å². The van der Waals surface area contributed by atoms with Crippen molar-refractivity contribution in [2.24, 2.45) is 11.3 Å². The molecule has 206 valence electrons. The normalized spacial score (nSPS) is 37.3. The highest BCUT2D eigenvalue weighted by molar-refractivity contribution is 7.08. The predicted molar refractivity (Wildman–Crippen MR) is 150 cm³/mol. The molecule has 1 saturated carbocycles. The van der Waals surface area contributed by atoms with Gasteiger partial charge in [-0.15, -0.1) is 0 Å². The third-order valence-electron chi connectivity index (χ3n) is 9.73. The Bertz CT molecular complexity index is 1150. The Hall–Kier alpha value is -1.19. The molecule has 3 N–H and O–H groups in total. The molecule has 0 amide bonds. The zero-order chi connectivity index (χ0) is 26.4. The van der Waals surface area contributed by atoms with Gasteiger partial charge in [0.1, 0.15) is 0 Å². The summed E-state index contributed by atoms with van der Waals surface area (Å²) in [7, 11) is 0. The molecule has 1 aromatic carbocycles. The van der Waals surface area contributed by atoms with Crippen LogP contribution >= 0.6 is 34.5 Å². The summed E-state index contributed by atoms with van der Waals surface area (Å²) < 4.78 is 11.9. The van der Waals surface area contributed by atoms with Crippen LogP contribution < -0.4 is 10.6 Å². The van der Waals surface area contributed by atoms with Crippen molar-refractivity contribution in [3.05, 3.63) is 56.2 Å². The first-order chi connectivity index (χ1) is 18.3. The molecule has 38 heavy (non-hydrogen) atoms. The molecule has 4 aliphatic rings. The van der Waals surface area contributed by atoms with E-state index in [1.165, 1.54) is 5.56 Å². The molecule has 2 spiro atoms. The standard InChI is InChI=1S/C29H36Cl2N2O4S/c30-22-2-1-20(24(31)11-22)13-27(17-32-14-23(27)21-5-10-38-15-21)12-19-3-6-28(7-4-19)16-29(8-9-36-18-33-29)25(37-28)26(34)35/h1-2,5,10-11,15,19,23,25,32-33H,3-4,6-9,12-14,16-18H2,(H,34,35)/t19?,23-,25?,27-,28?,29?/m1/s1. The van der Waals surface area contributed by atoms with Crippen molar-refractivity contribution >= 4 is 40.5 Å². The first-order valence-electron chi connectivity index (χ1n) is 13.7. The number of ether oxygens (including phenoxy) is 2. The van der Waals surface area contributed by atoms with E-state index in [2.05, 4.69) is 33.5 Å². The van der Waals surface area contributed by atoms with Gasteiger partial charge in [-0.1, -0.05) is 29.3 Å². The summed E-state index contributed by atoms with van der Waals surface area (Å²) in [6, 6.07) is 8.16. The number of benzene rings is 1. The fourth-order valence-electron chi connectivity index (χ4n) is 7.89. The van der Waals surface area contributed by atoms with E-state index in [4.69, 9.17) is 32.7 Å². The molecular weight excluding hydrogens is 543 g/mol. The van der Waals surface area contributed by atoms with Crippen LogP contribution in [0, 0.1) is 11.3 Å². The zero-order valence-electron chi connectivity index (χ0n) is 21.5. The Morgan fingerprint density at radius 2 is 2.03 bits per heavy atom. The Balaban J connectivity index is 1.21. The SMILES string of the molecule is O=C(O)C1OC2(CCC(C[C@@]3(Cc4ccc(Cl)cc4Cl)CNC[C@@H]3c3ccsc3)CC2)CC12CCOCN2. The maximum Gasteiger partial charge on any atom is 0.334 e. The topological polar surface area (TPSA) is 79.8 Å². The molecule has 3 saturated heterocycles. The molecule has 1 aliphatic carbocycles. The maximum atomic E-state index is 12.2. The van der Waals surface area contributed by atoms with E-state index in [1.807, 2.05) is 12.1 Å². The lowest BCUT2D eigenvalue weighted by molar-refractivity contribution is -0.162. The first-order valence-corrected chi connectivity index (χ1v) is 15.4. The van der Waals surface area contributed by atoms with Crippen LogP contribution in [-0.2, 0) is 20.7 Å². The van der Waals surface area contributed by atoms with E-state index < -0.39 is 17.6 Å². The smallest absolute Gasteiger partial charge is 0.334 e. The fourth-order valence-corrected chi connectivity index (χ4v) is 9.08. The minimum absolute atomic E-state index is 0.0529. The molecule has 6 rings (SSSR count). The number of nitrogens with one attached hydrogen (secondary N) is 2. The zero-order valence-corrected chi connectivity index (χ0v) is 23.8. The Morgan fingerprint density at radius 3 is 2.71 bits per heavy atom. The second kappa shape index (κ2) is 10.7. The highest BCUT2D eigenvalue weighted by atomic mass is 35.5. The van der Waals surface area contributed by atoms with Crippen molar-refractivity contribution in [2.45, 2.75) is 74.5 Å². The quantitative estimate of drug-likeness (QED) is 0.398. The largest absolute Gasteiger partial charge is 0.479 e. The molecule has 1 aromatic heterocycles. The lowest BCUT2D eigenvalue weighted by Crippen LogP contribution is -2.58. The van der Waals surface area contributed by atoms with Gasteiger partial charge in [0, 0.05) is 29.1 Å². The lowest BCUT2D eigenvalue weighted by Gasteiger charge is -2.43. The maximum absolute atomic E-state index is 12.2. The van der Waals surface area contributed by atoms with Crippen LogP contribution in [0.3, 0.4) is 0 Å². The van der Waals surface area contributed by atoms with Gasteiger partial charge in [0.25, 0.3) is 0 Å². The molecule has 0 bridgehead atoms. The summed E-state index contributed by atoms with van der Waals surface area (Å²) in [5, 5.41) is 23.0. The molecule has 4 heterocycles. The third kappa shape index (κ3) is 5.05. The van der Waals surface area contributed by atoms with E-state index in [9.17, 15) is 9.90 Å². The van der Waals surface area contributed by atoms with Crippen molar-refractivity contribution in [3.63, 3.8) is 0 Å². The number of carboxylic acid groups (broad SMARTS) is 1. The highest BCUT2D eigenvalue weighted by Gasteiger charge is 2.60. The molecule has 0 radical (unpaired) electrons. The van der Waals surface area contributed by atoms with Gasteiger partial charge >= 0.3 is 5.97 Å². The van der Waals surface area contributed by atoms with Gasteiger partial charge in [-0.2, -0.15) is 11.3 Å². The van der Waals surface area contributed by atoms with Crippen LogP contribution in [0.2, 0.25) is 10.0 Å². The Kier molecular flexibility index (Phi) is 7.57. The number of thiophene rings is 1. The predicted octanol–water partition coefficient (Wildman–Crippen LogP) is 5.87. The lowest BCUT2D eigenvalue weighted by atomic mass is 9.63. The Labute approximate surface area is 238 Å². The molecule has 9 heteroatoms. The molecule has 4 atom stereocenters. The number of hydrogen-bond donors (Lipinski definition) is 3. The van der Waals surface area contributed by atoms with Crippen molar-refractivity contribution in [1.29, 1.82) is 0 Å². The first kappa shape index (κ1) is 27.0. The van der Waals surface area contributed by atoms with Crippen LogP contribution in [0.5, 0.6) is 0 Å². The van der Waals surface area contributed by atoms with Gasteiger partial charge in [-0.05, 0) is 103 Å². The molecule has 2 unspecified atom stereocenters. The average Bonchev–Trinajstić information content (AvgIpc) is 3.62. The van der Waals surface area contributed by atoms with E-state index in [-0.39, 0.29) is 11.0 Å². The summed E-state index contributed by atoms with van der Waals surface area (Å²) >= 11 is 14.7. The van der Waals surface area contributed by atoms with Crippen LogP contribution in [-0.4, -0.2) is 54.7 Å². The molecular formula is C29H36Cl2N2O4S. The van der Waals surface area contributed by atoms with Gasteiger partial charge in [0.2, 0.25) is 0 Å². The van der Waals surface area contributed by atoms with Crippen LogP contribution in [0.4, 0.5) is 0 Å². The average molecular weight is 580 g/mol. The second-order valence-corrected chi connectivity index (χ2v) is 13.6. The second-order valence-electron chi connectivity index (χ2n) is 12.0. The summed E-state index contributed by atoms with van der Waals surface area (Å²) in [6.07, 6.45) is 6.52. The van der Waals surface area contributed by atoms with E-state index in [0.29, 0.717) is 36.6 Å². The summed E-state index contributed by atoms with van der Waals surface area (Å²) in [5.74, 6) is 0.108. The molecule has 4 fully saturated rings. The monoisotopic (exact) mass is 578 g/mol. The van der Waals surface area contributed by atoms with Crippen molar-refractivity contribution in [3.8, 4) is 0 Å². The summed E-state index contributed by atoms with van der Waals surface area (Å²) in [4.78, 5) is 12.2. The number of rotatable bonds is 6. The number of aliphatic carboxylic acids is 1. The summed E-state index contributed by atoms with van der Waals surface area (Å²) in [5.41, 5.74) is 1.73. The number of carbonyl (C=O) groups is 1. The minimum Gasteiger partial charge on any atom is -0.479 e. The molecule has 3 aliphatic heterocycles. The minimum atomic E-state index is -0.868. The van der Waals surface area contributed by atoms with Crippen LogP contribution in [0.1, 0.15) is 62.0 Å². The van der Waals surface area contributed by atoms with Gasteiger partial charge in [-0.3, -0.25) is 5.32 Å². The molecule has 2 aromatic rings. The van der Waals surface area contributed by atoms with Crippen molar-refractivity contribution in [1.82, 2.24) is 10.6 Å². The van der Waals surface area contributed by atoms with Crippen LogP contribution in [0.15, 0.2) is 35.0 Å². The number of hydrogen-bond acceptors (Lipinski definition) is 6. The van der Waals surface area contributed by atoms with E-state index in [1.54, 1.807) is 11.3 Å². The van der Waals surface area contributed by atoms with Gasteiger partial charge in [0.15, 0.2) is 6.10 Å². The highest BCUT2D eigenvalue weighted by Crippen LogP contribution is 2.54. The van der Waals surface area contributed by atoms with E-state index >= 15 is 0 Å². The van der Waals surface area contributed by atoms with Crippen molar-refractivity contribution in [2.75, 3.05) is 26.4 Å².